The fourth-order valence-electron chi connectivity index (χ4n) is 5.55. The number of ether oxygens (including phenoxy) is 2. The molecule has 2 atom stereocenters. The van der Waals surface area contributed by atoms with Crippen molar-refractivity contribution in [3.05, 3.63) is 59.7 Å². The molecule has 0 saturated carbocycles. The molecule has 0 bridgehead atoms. The van der Waals surface area contributed by atoms with E-state index in [0.29, 0.717) is 45.6 Å². The van der Waals surface area contributed by atoms with Crippen LogP contribution in [-0.2, 0) is 19.7 Å². The Kier molecular flexibility index (Phi) is 9.55. The minimum absolute atomic E-state index is 0.0404. The van der Waals surface area contributed by atoms with Gasteiger partial charge in [0.15, 0.2) is 0 Å². The zero-order valence-electron chi connectivity index (χ0n) is 21.6. The lowest BCUT2D eigenvalue weighted by Gasteiger charge is -2.41. The number of amides is 2. The Balaban J connectivity index is 1.52. The first-order valence-electron chi connectivity index (χ1n) is 13.3. The predicted molar refractivity (Wildman–Crippen MR) is 142 cm³/mol. The van der Waals surface area contributed by atoms with Crippen LogP contribution in [0.2, 0.25) is 0 Å². The van der Waals surface area contributed by atoms with Crippen molar-refractivity contribution < 1.29 is 24.2 Å². The molecule has 1 saturated heterocycles. The Morgan fingerprint density at radius 2 is 1.59 bits per heavy atom. The number of aliphatic hydroxyl groups excluding tert-OH is 1. The number of fused-ring (bicyclic) bond motifs is 2. The molecule has 200 valence electrons. The number of methoxy groups -OCH3 is 1. The molecular weight excluding hydrogens is 470 g/mol. The molecule has 0 spiro atoms. The molecule has 0 unspecified atom stereocenters. The van der Waals surface area contributed by atoms with Crippen molar-refractivity contribution in [2.45, 2.75) is 37.5 Å². The highest BCUT2D eigenvalue weighted by Gasteiger charge is 2.42. The van der Waals surface area contributed by atoms with E-state index in [9.17, 15) is 9.59 Å². The summed E-state index contributed by atoms with van der Waals surface area (Å²) in [4.78, 5) is 26.0. The average molecular weight is 510 g/mol. The lowest BCUT2D eigenvalue weighted by atomic mass is 9.69. The molecule has 1 fully saturated rings. The predicted octanol–water partition coefficient (Wildman–Crippen LogP) is 2.74. The van der Waals surface area contributed by atoms with Crippen molar-refractivity contribution in [1.82, 2.24) is 16.0 Å². The third-order valence-electron chi connectivity index (χ3n) is 7.52. The van der Waals surface area contributed by atoms with Gasteiger partial charge in [0.25, 0.3) is 0 Å². The Hall–Kier alpha value is -2.94. The van der Waals surface area contributed by atoms with E-state index in [1.807, 2.05) is 36.4 Å². The summed E-state index contributed by atoms with van der Waals surface area (Å²) in [6.45, 7) is 2.71. The Bertz CT molecular complexity index is 1010. The van der Waals surface area contributed by atoms with Crippen molar-refractivity contribution in [1.29, 1.82) is 0 Å². The van der Waals surface area contributed by atoms with Crippen LogP contribution in [0, 0.1) is 11.8 Å². The van der Waals surface area contributed by atoms with Crippen LogP contribution < -0.4 is 20.7 Å². The van der Waals surface area contributed by atoms with Crippen LogP contribution in [0.3, 0.4) is 0 Å². The van der Waals surface area contributed by atoms with E-state index in [4.69, 9.17) is 14.6 Å². The van der Waals surface area contributed by atoms with Crippen LogP contribution in [-0.4, -0.2) is 63.4 Å². The zero-order valence-corrected chi connectivity index (χ0v) is 21.6. The maximum absolute atomic E-state index is 13.4. The minimum atomic E-state index is -0.433. The van der Waals surface area contributed by atoms with Crippen molar-refractivity contribution >= 4 is 11.8 Å². The van der Waals surface area contributed by atoms with E-state index in [1.54, 1.807) is 7.11 Å². The molecule has 2 amide bonds. The van der Waals surface area contributed by atoms with Crippen LogP contribution in [0.15, 0.2) is 48.5 Å². The number of piperidine rings is 1. The number of para-hydroxylation sites is 2. The highest BCUT2D eigenvalue weighted by Crippen LogP contribution is 2.50. The van der Waals surface area contributed by atoms with Crippen LogP contribution >= 0.6 is 0 Å². The average Bonchev–Trinajstić information content (AvgIpc) is 2.94. The van der Waals surface area contributed by atoms with E-state index in [2.05, 4.69) is 28.1 Å². The van der Waals surface area contributed by atoms with Gasteiger partial charge in [0, 0.05) is 63.0 Å². The highest BCUT2D eigenvalue weighted by molar-refractivity contribution is 5.83. The van der Waals surface area contributed by atoms with Crippen LogP contribution in [0.25, 0.3) is 0 Å². The number of benzene rings is 2. The van der Waals surface area contributed by atoms with Gasteiger partial charge in [-0.3, -0.25) is 9.59 Å². The van der Waals surface area contributed by atoms with E-state index < -0.39 is 5.41 Å². The molecular formula is C29H39N3O5. The Labute approximate surface area is 219 Å². The van der Waals surface area contributed by atoms with E-state index in [0.717, 1.165) is 41.9 Å². The highest BCUT2D eigenvalue weighted by atomic mass is 16.5. The van der Waals surface area contributed by atoms with Crippen molar-refractivity contribution in [3.8, 4) is 11.5 Å². The maximum atomic E-state index is 13.4. The Morgan fingerprint density at radius 1 is 0.973 bits per heavy atom. The quantitative estimate of drug-likeness (QED) is 0.328. The summed E-state index contributed by atoms with van der Waals surface area (Å²) in [5.41, 5.74) is 1.72. The topological polar surface area (TPSA) is 109 Å². The van der Waals surface area contributed by atoms with Crippen LogP contribution in [0.5, 0.6) is 11.5 Å². The second-order valence-electron chi connectivity index (χ2n) is 10.0. The monoisotopic (exact) mass is 509 g/mol. The smallest absolute Gasteiger partial charge is 0.224 e. The summed E-state index contributed by atoms with van der Waals surface area (Å²) in [6.07, 6.45) is 3.73. The second-order valence-corrected chi connectivity index (χ2v) is 10.0. The number of hydrogen-bond donors (Lipinski definition) is 4. The SMILES string of the molecule is COCCCCC1(CNC(=O)[C@@H]2CNC[C@@H](C(=O)NCCCO)C2)c2ccccc2Oc2ccccc21. The molecule has 37 heavy (non-hydrogen) atoms. The number of carbonyl (C=O) groups is 2. The lowest BCUT2D eigenvalue weighted by Crippen LogP contribution is -2.51. The van der Waals surface area contributed by atoms with Gasteiger partial charge in [-0.25, -0.2) is 0 Å². The van der Waals surface area contributed by atoms with Gasteiger partial charge >= 0.3 is 0 Å². The standard InChI is InChI=1S/C29H39N3O5/c1-36-16-7-6-13-29(23-9-2-4-11-25(23)37-26-12-5-3-10-24(26)29)20-32-28(35)22-17-21(18-30-19-22)27(34)31-14-8-15-33/h2-5,9-12,21-22,30,33H,6-8,13-20H2,1H3,(H,31,34)(H,32,35)/t21-,22-/m0/s1. The van der Waals surface area contributed by atoms with Crippen molar-refractivity contribution in [2.75, 3.05) is 46.5 Å². The van der Waals surface area contributed by atoms with Gasteiger partial charge in [0.1, 0.15) is 11.5 Å². The summed E-state index contributed by atoms with van der Waals surface area (Å²) in [6, 6.07) is 16.2. The van der Waals surface area contributed by atoms with Gasteiger partial charge in [-0.1, -0.05) is 36.4 Å². The number of nitrogens with one attached hydrogen (secondary N) is 3. The van der Waals surface area contributed by atoms with Gasteiger partial charge in [-0.2, -0.15) is 0 Å². The van der Waals surface area contributed by atoms with Crippen molar-refractivity contribution in [2.24, 2.45) is 11.8 Å². The third kappa shape index (κ3) is 6.32. The minimum Gasteiger partial charge on any atom is -0.457 e. The molecule has 0 aromatic heterocycles. The van der Waals surface area contributed by atoms with Gasteiger partial charge < -0.3 is 30.5 Å². The van der Waals surface area contributed by atoms with Gasteiger partial charge in [-0.05, 0) is 44.2 Å². The molecule has 2 aromatic carbocycles. The van der Waals surface area contributed by atoms with Crippen LogP contribution in [0.4, 0.5) is 0 Å². The second kappa shape index (κ2) is 13.0. The first kappa shape index (κ1) is 27.1. The van der Waals surface area contributed by atoms with Gasteiger partial charge in [-0.15, -0.1) is 0 Å². The summed E-state index contributed by atoms with van der Waals surface area (Å²) >= 11 is 0. The molecule has 2 aromatic rings. The summed E-state index contributed by atoms with van der Waals surface area (Å²) < 4.78 is 11.6. The number of rotatable bonds is 12. The first-order valence-corrected chi connectivity index (χ1v) is 13.3. The summed E-state index contributed by atoms with van der Waals surface area (Å²) in [7, 11) is 1.72. The molecule has 2 aliphatic rings. The first-order chi connectivity index (χ1) is 18.1. The molecule has 2 aliphatic heterocycles. The van der Waals surface area contributed by atoms with Crippen LogP contribution in [0.1, 0.15) is 43.2 Å². The molecule has 4 rings (SSSR count). The Morgan fingerprint density at radius 3 is 2.22 bits per heavy atom. The lowest BCUT2D eigenvalue weighted by molar-refractivity contribution is -0.129. The third-order valence-corrected chi connectivity index (χ3v) is 7.52. The number of aliphatic hydroxyl groups is 1. The zero-order chi connectivity index (χ0) is 26.1. The molecule has 2 heterocycles. The summed E-state index contributed by atoms with van der Waals surface area (Å²) in [5.74, 6) is 0.967. The number of carbonyl (C=O) groups excluding carboxylic acids is 2. The van der Waals surface area contributed by atoms with E-state index in [-0.39, 0.29) is 30.3 Å². The molecule has 0 radical (unpaired) electrons. The number of unbranched alkanes of at least 4 members (excludes halogenated alkanes) is 1. The molecule has 8 nitrogen and oxygen atoms in total. The normalized spacial score (nSPS) is 19.7. The molecule has 4 N–H and O–H groups in total. The van der Waals surface area contributed by atoms with E-state index in [1.165, 1.54) is 0 Å². The van der Waals surface area contributed by atoms with Crippen molar-refractivity contribution in [3.63, 3.8) is 0 Å². The molecule has 8 heteroatoms. The number of hydrogen-bond acceptors (Lipinski definition) is 6. The fraction of sp³-hybridized carbons (Fsp3) is 0.517. The van der Waals surface area contributed by atoms with Gasteiger partial charge in [0.05, 0.1) is 11.8 Å². The summed E-state index contributed by atoms with van der Waals surface area (Å²) in [5, 5.41) is 18.4. The molecule has 0 aliphatic carbocycles. The maximum Gasteiger partial charge on any atom is 0.224 e. The van der Waals surface area contributed by atoms with Gasteiger partial charge in [0.2, 0.25) is 11.8 Å². The fourth-order valence-corrected chi connectivity index (χ4v) is 5.55. The van der Waals surface area contributed by atoms with E-state index >= 15 is 0 Å². The largest absolute Gasteiger partial charge is 0.457 e.